The molecule has 0 aliphatic rings. The van der Waals surface area contributed by atoms with Crippen molar-refractivity contribution in [1.29, 1.82) is 0 Å². The number of amides is 1. The van der Waals surface area contributed by atoms with Crippen molar-refractivity contribution < 1.29 is 30.4 Å². The maximum absolute atomic E-state index is 12.5. The van der Waals surface area contributed by atoms with Crippen LogP contribution in [-0.4, -0.2) is 46.9 Å². The molecule has 0 bridgehead atoms. The number of nitrogens with one attached hydrogen (secondary N) is 1. The minimum Gasteiger partial charge on any atom is -0.322 e. The average molecular weight is 418 g/mol. The fraction of sp³-hybridized carbons (Fsp3) is 0.188. The normalized spacial score (nSPS) is 12.4. The molecule has 0 aromatic heterocycles. The molecule has 0 unspecified atom stereocenters. The lowest BCUT2D eigenvalue weighted by Crippen LogP contribution is -2.22. The first-order valence-corrected chi connectivity index (χ1v) is 10.4. The number of sulfone groups is 1. The van der Waals surface area contributed by atoms with Crippen molar-refractivity contribution in [3.05, 3.63) is 54.1 Å². The zero-order valence-electron chi connectivity index (χ0n) is 14.3. The van der Waals surface area contributed by atoms with Crippen LogP contribution in [0.2, 0.25) is 0 Å². The van der Waals surface area contributed by atoms with E-state index in [2.05, 4.69) is 5.32 Å². The second-order valence-electron chi connectivity index (χ2n) is 5.60. The Hall–Kier alpha value is -2.37. The number of benzene rings is 2. The van der Waals surface area contributed by atoms with E-state index in [9.17, 15) is 30.4 Å². The van der Waals surface area contributed by atoms with Crippen LogP contribution < -0.4 is 5.32 Å². The molecule has 0 heterocycles. The van der Waals surface area contributed by atoms with Crippen molar-refractivity contribution in [2.24, 2.45) is 0 Å². The molecule has 0 aliphatic heterocycles. The summed E-state index contributed by atoms with van der Waals surface area (Å²) in [5.41, 5.74) is 0.219. The van der Waals surface area contributed by atoms with Gasteiger partial charge in [0.25, 0.3) is 5.91 Å². The predicted molar refractivity (Wildman–Crippen MR) is 94.9 cm³/mol. The summed E-state index contributed by atoms with van der Waals surface area (Å²) in [6.45, 7) is 0. The van der Waals surface area contributed by atoms with Gasteiger partial charge >= 0.3 is 5.76 Å². The van der Waals surface area contributed by atoms with Crippen molar-refractivity contribution in [2.45, 2.75) is 15.5 Å². The largest absolute Gasteiger partial charge is 0.341 e. The lowest BCUT2D eigenvalue weighted by molar-refractivity contribution is 0.102. The lowest BCUT2D eigenvalue weighted by atomic mass is 10.2. The molecule has 0 fully saturated rings. The molecule has 0 spiro atoms. The number of alkyl halides is 2. The van der Waals surface area contributed by atoms with Gasteiger partial charge in [0.15, 0.2) is 0 Å². The Bertz CT molecular complexity index is 1050. The van der Waals surface area contributed by atoms with Gasteiger partial charge in [-0.2, -0.15) is 8.78 Å². The van der Waals surface area contributed by atoms with E-state index >= 15 is 0 Å². The highest BCUT2D eigenvalue weighted by atomic mass is 32.2. The molecule has 2 aromatic carbocycles. The zero-order chi connectivity index (χ0) is 20.4. The molecule has 146 valence electrons. The first-order valence-electron chi connectivity index (χ1n) is 7.42. The molecule has 0 radical (unpaired) electrons. The van der Waals surface area contributed by atoms with Crippen LogP contribution in [-0.2, 0) is 19.9 Å². The van der Waals surface area contributed by atoms with Crippen LogP contribution >= 0.6 is 0 Å². The topological polar surface area (TPSA) is 101 Å². The smallest absolute Gasteiger partial charge is 0.322 e. The molecule has 2 aromatic rings. The molecule has 0 saturated carbocycles. The highest BCUT2D eigenvalue weighted by molar-refractivity contribution is 7.91. The van der Waals surface area contributed by atoms with E-state index in [0.29, 0.717) is 0 Å². The van der Waals surface area contributed by atoms with Crippen molar-refractivity contribution in [3.8, 4) is 0 Å². The number of anilines is 1. The highest BCUT2D eigenvalue weighted by Crippen LogP contribution is 2.21. The van der Waals surface area contributed by atoms with Gasteiger partial charge in [-0.25, -0.2) is 21.1 Å². The van der Waals surface area contributed by atoms with Gasteiger partial charge in [0, 0.05) is 25.3 Å². The van der Waals surface area contributed by atoms with Gasteiger partial charge in [-0.05, 0) is 42.5 Å². The number of sulfonamides is 1. The molecular weight excluding hydrogens is 402 g/mol. The molecule has 0 saturated heterocycles. The minimum atomic E-state index is -4.74. The Morgan fingerprint density at radius 2 is 1.56 bits per heavy atom. The van der Waals surface area contributed by atoms with Crippen LogP contribution in [0.3, 0.4) is 0 Å². The van der Waals surface area contributed by atoms with E-state index in [1.165, 1.54) is 38.4 Å². The third-order valence-electron chi connectivity index (χ3n) is 3.55. The fourth-order valence-corrected chi connectivity index (χ4v) is 3.72. The minimum absolute atomic E-state index is 0.0177. The fourth-order valence-electron chi connectivity index (χ4n) is 2.05. The van der Waals surface area contributed by atoms with E-state index < -0.39 is 36.4 Å². The number of nitrogens with zero attached hydrogens (tertiary/aromatic N) is 1. The second kappa shape index (κ2) is 7.71. The molecule has 0 atom stereocenters. The number of halogens is 2. The zero-order valence-corrected chi connectivity index (χ0v) is 15.9. The maximum atomic E-state index is 12.5. The average Bonchev–Trinajstić information content (AvgIpc) is 2.61. The summed E-state index contributed by atoms with van der Waals surface area (Å²) < 4.78 is 73.1. The van der Waals surface area contributed by atoms with Crippen molar-refractivity contribution in [1.82, 2.24) is 4.31 Å². The van der Waals surface area contributed by atoms with Crippen LogP contribution in [0.5, 0.6) is 0 Å². The number of rotatable bonds is 6. The summed E-state index contributed by atoms with van der Waals surface area (Å²) in [6, 6.07) is 9.55. The van der Waals surface area contributed by atoms with Gasteiger partial charge in [0.2, 0.25) is 19.9 Å². The molecule has 2 rings (SSSR count). The molecule has 7 nitrogen and oxygen atoms in total. The van der Waals surface area contributed by atoms with Crippen LogP contribution in [0.4, 0.5) is 14.5 Å². The molecule has 1 amide bonds. The molecular formula is C16H16F2N2O5S2. The van der Waals surface area contributed by atoms with Gasteiger partial charge in [0.1, 0.15) is 0 Å². The summed E-state index contributed by atoms with van der Waals surface area (Å²) in [6.07, 6.45) is 0. The number of carbonyl (C=O) groups is 1. The van der Waals surface area contributed by atoms with Crippen LogP contribution in [0, 0.1) is 0 Å². The Morgan fingerprint density at radius 3 is 2.07 bits per heavy atom. The van der Waals surface area contributed by atoms with Crippen LogP contribution in [0.25, 0.3) is 0 Å². The van der Waals surface area contributed by atoms with E-state index in [0.717, 1.165) is 28.6 Å². The third kappa shape index (κ3) is 4.49. The van der Waals surface area contributed by atoms with Gasteiger partial charge in [-0.1, -0.05) is 6.07 Å². The molecule has 0 aliphatic carbocycles. The van der Waals surface area contributed by atoms with Crippen molar-refractivity contribution >= 4 is 31.5 Å². The molecule has 11 heteroatoms. The number of hydrogen-bond donors (Lipinski definition) is 1. The third-order valence-corrected chi connectivity index (χ3v) is 6.76. The van der Waals surface area contributed by atoms with Crippen LogP contribution in [0.1, 0.15) is 10.4 Å². The van der Waals surface area contributed by atoms with E-state index in [1.54, 1.807) is 0 Å². The molecule has 1 N–H and O–H groups in total. The van der Waals surface area contributed by atoms with Gasteiger partial charge < -0.3 is 5.32 Å². The monoisotopic (exact) mass is 418 g/mol. The summed E-state index contributed by atoms with van der Waals surface area (Å²) in [4.78, 5) is 11.6. The SMILES string of the molecule is CN(C)S(=O)(=O)c1cccc(NC(=O)c2ccc(S(=O)(=O)C(F)F)cc2)c1. The van der Waals surface area contributed by atoms with Crippen LogP contribution in [0.15, 0.2) is 58.3 Å². The summed E-state index contributed by atoms with van der Waals surface area (Å²) in [5, 5.41) is 2.47. The first-order chi connectivity index (χ1) is 12.5. The summed E-state index contributed by atoms with van der Waals surface area (Å²) >= 11 is 0. The van der Waals surface area contributed by atoms with Crippen molar-refractivity contribution in [3.63, 3.8) is 0 Å². The Labute approximate surface area is 155 Å². The summed E-state index contributed by atoms with van der Waals surface area (Å²) in [5.74, 6) is -4.21. The second-order valence-corrected chi connectivity index (χ2v) is 9.67. The predicted octanol–water partition coefficient (Wildman–Crippen LogP) is 2.19. The summed E-state index contributed by atoms with van der Waals surface area (Å²) in [7, 11) is -5.69. The number of carbonyl (C=O) groups excluding carboxylic acids is 1. The molecule has 27 heavy (non-hydrogen) atoms. The standard InChI is InChI=1S/C16H16F2N2O5S2/c1-20(2)27(24,25)14-5-3-4-12(10-14)19-15(21)11-6-8-13(9-7-11)26(22,23)16(17)18/h3-10,16H,1-2H3,(H,19,21). The van der Waals surface area contributed by atoms with Gasteiger partial charge in [-0.3, -0.25) is 4.79 Å². The Kier molecular flexibility index (Phi) is 5.97. The van der Waals surface area contributed by atoms with E-state index in [1.807, 2.05) is 0 Å². The van der Waals surface area contributed by atoms with E-state index in [4.69, 9.17) is 0 Å². The Morgan fingerprint density at radius 1 is 0.963 bits per heavy atom. The highest BCUT2D eigenvalue weighted by Gasteiger charge is 2.26. The van der Waals surface area contributed by atoms with Crippen molar-refractivity contribution in [2.75, 3.05) is 19.4 Å². The quantitative estimate of drug-likeness (QED) is 0.775. The maximum Gasteiger partial charge on any atom is 0.341 e. The lowest BCUT2D eigenvalue weighted by Gasteiger charge is -2.13. The van der Waals surface area contributed by atoms with Gasteiger partial charge in [0.05, 0.1) is 9.79 Å². The number of hydrogen-bond acceptors (Lipinski definition) is 5. The van der Waals surface area contributed by atoms with Gasteiger partial charge in [-0.15, -0.1) is 0 Å². The first kappa shape index (κ1) is 20.9. The Balaban J connectivity index is 2.24. The van der Waals surface area contributed by atoms with E-state index in [-0.39, 0.29) is 16.1 Å².